The lowest BCUT2D eigenvalue weighted by Crippen LogP contribution is -2.34. The molecular formula is C47H84N2O11. The summed E-state index contributed by atoms with van der Waals surface area (Å²) in [7, 11) is 0. The minimum absolute atomic E-state index is 0.0101. The lowest BCUT2D eigenvalue weighted by atomic mass is 10.0. The number of imide groups is 1. The molecule has 0 saturated carbocycles. The number of rotatable bonds is 42. The van der Waals surface area contributed by atoms with Crippen molar-refractivity contribution in [3.05, 3.63) is 12.3 Å². The van der Waals surface area contributed by atoms with Crippen molar-refractivity contribution in [2.45, 2.75) is 225 Å². The fraction of sp³-hybridized carbons (Fsp3) is 0.851. The summed E-state index contributed by atoms with van der Waals surface area (Å²) in [6, 6.07) is 0. The Morgan fingerprint density at radius 3 is 1.48 bits per heavy atom. The minimum atomic E-state index is -1.16. The van der Waals surface area contributed by atoms with Crippen molar-refractivity contribution in [2.75, 3.05) is 33.2 Å². The minimum Gasteiger partial charge on any atom is -0.495 e. The number of carbonyl (C=O) groups is 5. The molecule has 13 heteroatoms. The van der Waals surface area contributed by atoms with Gasteiger partial charge in [0.05, 0.1) is 19.0 Å². The summed E-state index contributed by atoms with van der Waals surface area (Å²) in [4.78, 5) is 64.5. The molecule has 0 spiro atoms. The van der Waals surface area contributed by atoms with Gasteiger partial charge in [-0.3, -0.25) is 24.5 Å². The van der Waals surface area contributed by atoms with Crippen molar-refractivity contribution in [2.24, 2.45) is 0 Å². The molecule has 60 heavy (non-hydrogen) atoms. The fourth-order valence-corrected chi connectivity index (χ4v) is 6.92. The first-order valence-electron chi connectivity index (χ1n) is 24.0. The average molecular weight is 853 g/mol. The van der Waals surface area contributed by atoms with E-state index in [0.29, 0.717) is 17.2 Å². The molecule has 0 aliphatic carbocycles. The maximum absolute atomic E-state index is 12.8. The Morgan fingerprint density at radius 2 is 1.00 bits per heavy atom. The zero-order valence-corrected chi connectivity index (χ0v) is 37.9. The quantitative estimate of drug-likeness (QED) is 0.0156. The second-order valence-electron chi connectivity index (χ2n) is 16.3. The van der Waals surface area contributed by atoms with Gasteiger partial charge in [0.15, 0.2) is 6.10 Å². The maximum Gasteiger partial charge on any atom is 0.533 e. The fourth-order valence-electron chi connectivity index (χ4n) is 6.92. The first-order valence-corrected chi connectivity index (χ1v) is 24.0. The number of carbonyl (C=O) groups excluding carboxylic acids is 5. The molecule has 0 bridgehead atoms. The number of amides is 3. The van der Waals surface area contributed by atoms with Gasteiger partial charge in [-0.05, 0) is 12.8 Å². The van der Waals surface area contributed by atoms with Crippen LogP contribution in [0.25, 0.3) is 0 Å². The number of nitrogens with one attached hydrogen (secondary N) is 1. The first kappa shape index (κ1) is 54.7. The van der Waals surface area contributed by atoms with Crippen LogP contribution in [-0.2, 0) is 42.9 Å². The van der Waals surface area contributed by atoms with Crippen LogP contribution >= 0.6 is 0 Å². The van der Waals surface area contributed by atoms with E-state index in [4.69, 9.17) is 23.7 Å². The Kier molecular flexibility index (Phi) is 36.2. The van der Waals surface area contributed by atoms with E-state index in [9.17, 15) is 24.0 Å². The molecule has 0 unspecified atom stereocenters. The number of esters is 1. The summed E-state index contributed by atoms with van der Waals surface area (Å²) >= 11 is 0. The van der Waals surface area contributed by atoms with Gasteiger partial charge in [0, 0.05) is 32.1 Å². The smallest absolute Gasteiger partial charge is 0.495 e. The first-order chi connectivity index (χ1) is 29.3. The average Bonchev–Trinajstić information content (AvgIpc) is 3.55. The molecule has 0 aromatic carbocycles. The molecule has 1 saturated heterocycles. The normalized spacial score (nSPS) is 13.0. The third-order valence-corrected chi connectivity index (χ3v) is 10.6. The molecule has 0 aromatic rings. The highest BCUT2D eigenvalue weighted by Crippen LogP contribution is 2.17. The van der Waals surface area contributed by atoms with Crippen molar-refractivity contribution < 1.29 is 52.5 Å². The van der Waals surface area contributed by atoms with Crippen molar-refractivity contribution in [1.82, 2.24) is 10.4 Å². The largest absolute Gasteiger partial charge is 0.533 e. The molecule has 0 radical (unpaired) electrons. The van der Waals surface area contributed by atoms with Gasteiger partial charge >= 0.3 is 18.2 Å². The second-order valence-corrected chi connectivity index (χ2v) is 16.3. The SMILES string of the molecule is C=C(CCCCCCCCCCCCCCCC)OC[C@@H](COC(=O)NCOCCCOC(=O)ON1C(=O)CCC1=O)OC(=O)CCCCCCCCCCCCCCC. The van der Waals surface area contributed by atoms with E-state index < -0.39 is 30.2 Å². The van der Waals surface area contributed by atoms with E-state index in [1.807, 2.05) is 0 Å². The van der Waals surface area contributed by atoms with Gasteiger partial charge in [0.1, 0.15) is 19.9 Å². The number of hydroxylamine groups is 2. The zero-order chi connectivity index (χ0) is 43.7. The van der Waals surface area contributed by atoms with E-state index in [-0.39, 0.29) is 58.4 Å². The molecular weight excluding hydrogens is 769 g/mol. The van der Waals surface area contributed by atoms with Crippen molar-refractivity contribution >= 4 is 30.0 Å². The Labute approximate surface area is 363 Å². The molecule has 0 aromatic heterocycles. The van der Waals surface area contributed by atoms with Crippen LogP contribution in [0.5, 0.6) is 0 Å². The lowest BCUT2D eigenvalue weighted by molar-refractivity contribution is -0.177. The predicted molar refractivity (Wildman–Crippen MR) is 234 cm³/mol. The predicted octanol–water partition coefficient (Wildman–Crippen LogP) is 12.1. The standard InChI is InChI=1S/C47H84N2O11/c1-4-6-8-10-12-14-16-18-20-21-23-25-27-29-32-41(3)57-38-42(59-45(52)33-30-28-26-24-22-19-17-15-13-11-9-7-5-2)39-58-46(53)48-40-55-36-31-37-56-47(54)60-49-43(50)34-35-44(49)51/h42H,3-40H2,1-2H3,(H,48,53)/t42-/m0/s1. The Balaban J connectivity index is 2.30. The van der Waals surface area contributed by atoms with Gasteiger partial charge in [-0.1, -0.05) is 186 Å². The van der Waals surface area contributed by atoms with Crippen LogP contribution in [0, 0.1) is 0 Å². The molecule has 1 heterocycles. The van der Waals surface area contributed by atoms with Gasteiger partial charge in [-0.2, -0.15) is 0 Å². The van der Waals surface area contributed by atoms with Crippen LogP contribution in [0.4, 0.5) is 9.59 Å². The van der Waals surface area contributed by atoms with Gasteiger partial charge in [-0.25, -0.2) is 9.59 Å². The molecule has 1 N–H and O–H groups in total. The topological polar surface area (TPSA) is 156 Å². The van der Waals surface area contributed by atoms with Crippen LogP contribution in [-0.4, -0.2) is 74.4 Å². The lowest BCUT2D eigenvalue weighted by Gasteiger charge is -2.19. The number of hydrogen-bond donors (Lipinski definition) is 1. The summed E-state index contributed by atoms with van der Waals surface area (Å²) < 4.78 is 27.1. The monoisotopic (exact) mass is 853 g/mol. The highest BCUT2D eigenvalue weighted by Gasteiger charge is 2.33. The van der Waals surface area contributed by atoms with E-state index in [1.54, 1.807) is 0 Å². The summed E-state index contributed by atoms with van der Waals surface area (Å²) in [5.74, 6) is -0.914. The van der Waals surface area contributed by atoms with E-state index >= 15 is 0 Å². The number of ether oxygens (including phenoxy) is 5. The second kappa shape index (κ2) is 39.8. The van der Waals surface area contributed by atoms with Crippen molar-refractivity contribution in [3.63, 3.8) is 0 Å². The van der Waals surface area contributed by atoms with Gasteiger partial charge in [0.25, 0.3) is 11.8 Å². The summed E-state index contributed by atoms with van der Waals surface area (Å²) in [6.45, 7) is 8.28. The van der Waals surface area contributed by atoms with E-state index in [2.05, 4.69) is 30.6 Å². The van der Waals surface area contributed by atoms with E-state index in [0.717, 1.165) is 38.5 Å². The third kappa shape index (κ3) is 33.4. The van der Waals surface area contributed by atoms with E-state index in [1.165, 1.54) is 141 Å². The van der Waals surface area contributed by atoms with Crippen LogP contribution in [0.2, 0.25) is 0 Å². The molecule has 1 atom stereocenters. The van der Waals surface area contributed by atoms with Crippen LogP contribution in [0.3, 0.4) is 0 Å². The molecule has 13 nitrogen and oxygen atoms in total. The molecule has 1 aliphatic rings. The highest BCUT2D eigenvalue weighted by molar-refractivity contribution is 6.01. The number of hydrogen-bond acceptors (Lipinski definition) is 11. The van der Waals surface area contributed by atoms with Crippen LogP contribution in [0.15, 0.2) is 12.3 Å². The van der Waals surface area contributed by atoms with Crippen LogP contribution < -0.4 is 5.32 Å². The Morgan fingerprint density at radius 1 is 0.567 bits per heavy atom. The Hall–Kier alpha value is -3.35. The number of unbranched alkanes of at least 4 members (excludes halogenated alkanes) is 25. The third-order valence-electron chi connectivity index (χ3n) is 10.6. The number of nitrogens with zero attached hydrogens (tertiary/aromatic N) is 1. The summed E-state index contributed by atoms with van der Waals surface area (Å²) in [5.41, 5.74) is 0. The molecule has 1 aliphatic heterocycles. The summed E-state index contributed by atoms with van der Waals surface area (Å²) in [5, 5.41) is 2.87. The highest BCUT2D eigenvalue weighted by atomic mass is 16.8. The number of allylic oxidation sites excluding steroid dienone is 1. The van der Waals surface area contributed by atoms with Gasteiger partial charge in [0.2, 0.25) is 0 Å². The molecule has 348 valence electrons. The van der Waals surface area contributed by atoms with Gasteiger partial charge in [-0.15, -0.1) is 0 Å². The zero-order valence-electron chi connectivity index (χ0n) is 37.9. The number of alkyl carbamates (subject to hydrolysis) is 1. The summed E-state index contributed by atoms with van der Waals surface area (Å²) in [6.07, 6.45) is 32.5. The molecule has 3 amide bonds. The Bertz CT molecular complexity index is 1120. The molecule has 1 fully saturated rings. The molecule has 1 rings (SSSR count). The van der Waals surface area contributed by atoms with Crippen molar-refractivity contribution in [3.8, 4) is 0 Å². The van der Waals surface area contributed by atoms with Crippen LogP contribution in [0.1, 0.15) is 219 Å². The maximum atomic E-state index is 12.8. The van der Waals surface area contributed by atoms with Crippen molar-refractivity contribution in [1.29, 1.82) is 0 Å². The van der Waals surface area contributed by atoms with Gasteiger partial charge < -0.3 is 23.7 Å².